The van der Waals surface area contributed by atoms with E-state index in [0.29, 0.717) is 30.5 Å². The Balaban J connectivity index is 1.70. The van der Waals surface area contributed by atoms with Crippen molar-refractivity contribution in [2.75, 3.05) is 32.8 Å². The Labute approximate surface area is 140 Å². The van der Waals surface area contributed by atoms with Gasteiger partial charge in [0.1, 0.15) is 12.4 Å². The van der Waals surface area contributed by atoms with Crippen molar-refractivity contribution in [3.05, 3.63) is 29.3 Å². The minimum absolute atomic E-state index is 0.0121. The van der Waals surface area contributed by atoms with Crippen LogP contribution in [0.4, 0.5) is 0 Å². The molecule has 0 radical (unpaired) electrons. The molecular weight excluding hydrogens is 318 g/mol. The van der Waals surface area contributed by atoms with E-state index in [4.69, 9.17) is 22.1 Å². The third-order valence-electron chi connectivity index (χ3n) is 3.75. The van der Waals surface area contributed by atoms with Crippen molar-refractivity contribution in [3.8, 4) is 5.75 Å². The number of likely N-dealkylation sites (tertiary alicyclic amines) is 1. The predicted molar refractivity (Wildman–Crippen MR) is 88.3 cm³/mol. The first-order chi connectivity index (χ1) is 11.1. The Morgan fingerprint density at radius 2 is 2.17 bits per heavy atom. The number of carbonyl (C=O) groups excluding carboxylic acids is 2. The van der Waals surface area contributed by atoms with Crippen LogP contribution in [0.5, 0.6) is 5.75 Å². The molecule has 6 nitrogen and oxygen atoms in total. The van der Waals surface area contributed by atoms with E-state index in [2.05, 4.69) is 5.32 Å². The van der Waals surface area contributed by atoms with Gasteiger partial charge in [0.05, 0.1) is 24.0 Å². The van der Waals surface area contributed by atoms with Gasteiger partial charge in [-0.15, -0.1) is 0 Å². The van der Waals surface area contributed by atoms with Gasteiger partial charge in [-0.05, 0) is 31.5 Å². The molecule has 0 spiro atoms. The maximum atomic E-state index is 12.2. The molecule has 126 valence electrons. The standard InChI is InChI=1S/C16H22ClN3O3/c17-13-5-1-2-6-14(13)23-9-7-19-16(22)12-4-3-8-20(10-12)11-15(18)21/h1-2,5-6,12H,3-4,7-11H2,(H2,18,21)(H,19,22)/t12-/m0/s1. The highest BCUT2D eigenvalue weighted by Crippen LogP contribution is 2.22. The van der Waals surface area contributed by atoms with E-state index >= 15 is 0 Å². The first kappa shape index (κ1) is 17.6. The van der Waals surface area contributed by atoms with Gasteiger partial charge in [-0.25, -0.2) is 0 Å². The number of halogens is 1. The van der Waals surface area contributed by atoms with E-state index in [1.807, 2.05) is 17.0 Å². The van der Waals surface area contributed by atoms with Crippen molar-refractivity contribution >= 4 is 23.4 Å². The number of primary amides is 1. The number of nitrogens with zero attached hydrogens (tertiary/aromatic N) is 1. The largest absolute Gasteiger partial charge is 0.490 e. The molecule has 1 aromatic carbocycles. The topological polar surface area (TPSA) is 84.7 Å². The summed E-state index contributed by atoms with van der Waals surface area (Å²) in [6.07, 6.45) is 1.72. The summed E-state index contributed by atoms with van der Waals surface area (Å²) >= 11 is 5.99. The molecule has 0 bridgehead atoms. The Kier molecular flexibility index (Phi) is 6.67. The Hall–Kier alpha value is -1.79. The van der Waals surface area contributed by atoms with Gasteiger partial charge in [-0.1, -0.05) is 23.7 Å². The minimum Gasteiger partial charge on any atom is -0.490 e. The number of benzene rings is 1. The number of nitrogens with one attached hydrogen (secondary N) is 1. The van der Waals surface area contributed by atoms with Crippen LogP contribution in [0.25, 0.3) is 0 Å². The number of carbonyl (C=O) groups is 2. The normalized spacial score (nSPS) is 18.4. The molecule has 2 rings (SSSR count). The van der Waals surface area contributed by atoms with Crippen LogP contribution in [0, 0.1) is 5.92 Å². The number of hydrogen-bond acceptors (Lipinski definition) is 4. The van der Waals surface area contributed by atoms with E-state index in [9.17, 15) is 9.59 Å². The highest BCUT2D eigenvalue weighted by Gasteiger charge is 2.26. The second kappa shape index (κ2) is 8.74. The second-order valence-electron chi connectivity index (χ2n) is 5.61. The lowest BCUT2D eigenvalue weighted by atomic mass is 9.97. The van der Waals surface area contributed by atoms with Gasteiger partial charge in [0.15, 0.2) is 0 Å². The molecule has 0 unspecified atom stereocenters. The van der Waals surface area contributed by atoms with E-state index in [0.717, 1.165) is 19.4 Å². The van der Waals surface area contributed by atoms with E-state index in [-0.39, 0.29) is 24.3 Å². The fraction of sp³-hybridized carbons (Fsp3) is 0.500. The van der Waals surface area contributed by atoms with Crippen LogP contribution >= 0.6 is 11.6 Å². The number of nitrogens with two attached hydrogens (primary N) is 1. The average Bonchev–Trinajstić information content (AvgIpc) is 2.52. The molecule has 7 heteroatoms. The van der Waals surface area contributed by atoms with Gasteiger partial charge >= 0.3 is 0 Å². The molecule has 1 saturated heterocycles. The summed E-state index contributed by atoms with van der Waals surface area (Å²) in [5.41, 5.74) is 5.20. The summed E-state index contributed by atoms with van der Waals surface area (Å²) in [6.45, 7) is 2.35. The number of hydrogen-bond donors (Lipinski definition) is 2. The minimum atomic E-state index is -0.362. The highest BCUT2D eigenvalue weighted by molar-refractivity contribution is 6.32. The summed E-state index contributed by atoms with van der Waals surface area (Å²) in [6, 6.07) is 7.21. The lowest BCUT2D eigenvalue weighted by molar-refractivity contribution is -0.128. The van der Waals surface area contributed by atoms with Crippen LogP contribution in [0.1, 0.15) is 12.8 Å². The van der Waals surface area contributed by atoms with Crippen molar-refractivity contribution < 1.29 is 14.3 Å². The van der Waals surface area contributed by atoms with Gasteiger partial charge in [0, 0.05) is 6.54 Å². The number of para-hydroxylation sites is 1. The van der Waals surface area contributed by atoms with Crippen molar-refractivity contribution in [1.29, 1.82) is 0 Å². The summed E-state index contributed by atoms with van der Waals surface area (Å²) in [5.74, 6) is 0.123. The van der Waals surface area contributed by atoms with Gasteiger partial charge in [-0.2, -0.15) is 0 Å². The number of amides is 2. The van der Waals surface area contributed by atoms with Gasteiger partial charge in [0.2, 0.25) is 11.8 Å². The SMILES string of the molecule is NC(=O)CN1CCC[C@H](C(=O)NCCOc2ccccc2Cl)C1. The quantitative estimate of drug-likeness (QED) is 0.727. The zero-order chi connectivity index (χ0) is 16.7. The zero-order valence-electron chi connectivity index (χ0n) is 13.0. The fourth-order valence-corrected chi connectivity index (χ4v) is 2.87. The zero-order valence-corrected chi connectivity index (χ0v) is 13.7. The smallest absolute Gasteiger partial charge is 0.231 e. The van der Waals surface area contributed by atoms with Crippen molar-refractivity contribution in [1.82, 2.24) is 10.2 Å². The van der Waals surface area contributed by atoms with Gasteiger partial charge < -0.3 is 15.8 Å². The molecular formula is C16H22ClN3O3. The fourth-order valence-electron chi connectivity index (χ4n) is 2.67. The summed E-state index contributed by atoms with van der Waals surface area (Å²) in [4.78, 5) is 25.1. The molecule has 23 heavy (non-hydrogen) atoms. The Bertz CT molecular complexity index is 553. The van der Waals surface area contributed by atoms with Crippen LogP contribution < -0.4 is 15.8 Å². The Morgan fingerprint density at radius 3 is 2.91 bits per heavy atom. The molecule has 0 saturated carbocycles. The lowest BCUT2D eigenvalue weighted by Crippen LogP contribution is -2.46. The lowest BCUT2D eigenvalue weighted by Gasteiger charge is -2.30. The molecule has 0 aliphatic carbocycles. The van der Waals surface area contributed by atoms with Crippen LogP contribution in [0.15, 0.2) is 24.3 Å². The van der Waals surface area contributed by atoms with Gasteiger partial charge in [-0.3, -0.25) is 14.5 Å². The van der Waals surface area contributed by atoms with Crippen molar-refractivity contribution in [2.24, 2.45) is 11.7 Å². The summed E-state index contributed by atoms with van der Waals surface area (Å²) < 4.78 is 5.53. The Morgan fingerprint density at radius 1 is 1.39 bits per heavy atom. The third kappa shape index (κ3) is 5.73. The molecule has 0 aromatic heterocycles. The van der Waals surface area contributed by atoms with Crippen LogP contribution in [-0.2, 0) is 9.59 Å². The number of ether oxygens (including phenoxy) is 1. The van der Waals surface area contributed by atoms with Gasteiger partial charge in [0.25, 0.3) is 0 Å². The first-order valence-electron chi connectivity index (χ1n) is 7.72. The van der Waals surface area contributed by atoms with Crippen LogP contribution in [0.2, 0.25) is 5.02 Å². The highest BCUT2D eigenvalue weighted by atomic mass is 35.5. The molecule has 1 aliphatic heterocycles. The first-order valence-corrected chi connectivity index (χ1v) is 8.09. The number of rotatable bonds is 7. The van der Waals surface area contributed by atoms with Crippen molar-refractivity contribution in [3.63, 3.8) is 0 Å². The number of piperidine rings is 1. The van der Waals surface area contributed by atoms with E-state index in [1.165, 1.54) is 0 Å². The van der Waals surface area contributed by atoms with E-state index < -0.39 is 0 Å². The summed E-state index contributed by atoms with van der Waals surface area (Å²) in [7, 11) is 0. The monoisotopic (exact) mass is 339 g/mol. The molecule has 3 N–H and O–H groups in total. The van der Waals surface area contributed by atoms with Crippen LogP contribution in [-0.4, -0.2) is 49.5 Å². The van der Waals surface area contributed by atoms with E-state index in [1.54, 1.807) is 12.1 Å². The average molecular weight is 340 g/mol. The summed E-state index contributed by atoms with van der Waals surface area (Å²) in [5, 5.41) is 3.42. The predicted octanol–water partition coefficient (Wildman–Crippen LogP) is 1.03. The molecule has 2 amide bonds. The maximum absolute atomic E-state index is 12.2. The second-order valence-corrected chi connectivity index (χ2v) is 6.02. The third-order valence-corrected chi connectivity index (χ3v) is 4.06. The molecule has 1 aliphatic rings. The maximum Gasteiger partial charge on any atom is 0.231 e. The molecule has 1 atom stereocenters. The van der Waals surface area contributed by atoms with Crippen LogP contribution in [0.3, 0.4) is 0 Å². The molecule has 1 heterocycles. The van der Waals surface area contributed by atoms with Crippen molar-refractivity contribution in [2.45, 2.75) is 12.8 Å². The molecule has 1 aromatic rings. The molecule has 1 fully saturated rings.